The van der Waals surface area contributed by atoms with E-state index in [2.05, 4.69) is 46.8 Å². The van der Waals surface area contributed by atoms with Crippen LogP contribution in [0.4, 0.5) is 0 Å². The minimum Gasteiger partial charge on any atom is -0.295 e. The molecule has 112 valence electrons. The van der Waals surface area contributed by atoms with E-state index in [-0.39, 0.29) is 11.0 Å². The van der Waals surface area contributed by atoms with E-state index in [4.69, 9.17) is 4.99 Å². The minimum atomic E-state index is -0.131. The van der Waals surface area contributed by atoms with Gasteiger partial charge in [-0.05, 0) is 62.0 Å². The van der Waals surface area contributed by atoms with Crippen molar-refractivity contribution in [1.29, 1.82) is 0 Å². The quantitative estimate of drug-likeness (QED) is 0.700. The first kappa shape index (κ1) is 14.5. The fraction of sp³-hybridized carbons (Fsp3) is 0.579. The van der Waals surface area contributed by atoms with Crippen LogP contribution in [0.5, 0.6) is 0 Å². The number of hydrogen-bond acceptors (Lipinski definition) is 2. The summed E-state index contributed by atoms with van der Waals surface area (Å²) in [5.41, 5.74) is 5.80. The molecule has 3 rings (SSSR count). The maximum Gasteiger partial charge on any atom is 0.159 e. The first-order valence-corrected chi connectivity index (χ1v) is 7.91. The van der Waals surface area contributed by atoms with Crippen LogP contribution in [0.15, 0.2) is 39.4 Å². The number of carbonyl (C=O) groups is 1. The topological polar surface area (TPSA) is 29.4 Å². The van der Waals surface area contributed by atoms with Crippen LogP contribution < -0.4 is 0 Å². The van der Waals surface area contributed by atoms with E-state index in [1.165, 1.54) is 22.4 Å². The third-order valence-electron chi connectivity index (χ3n) is 5.44. The van der Waals surface area contributed by atoms with Gasteiger partial charge in [-0.3, -0.25) is 9.79 Å². The summed E-state index contributed by atoms with van der Waals surface area (Å²) in [6.07, 6.45) is 6.04. The van der Waals surface area contributed by atoms with E-state index in [0.717, 1.165) is 12.0 Å². The lowest BCUT2D eigenvalue weighted by molar-refractivity contribution is -0.116. The molecule has 2 aliphatic carbocycles. The average molecular weight is 283 g/mol. The molecule has 3 aliphatic rings. The van der Waals surface area contributed by atoms with E-state index in [1.807, 2.05) is 6.92 Å². The summed E-state index contributed by atoms with van der Waals surface area (Å²) in [6.45, 7) is 12.9. The second-order valence-electron chi connectivity index (χ2n) is 7.72. The molecular weight excluding hydrogens is 258 g/mol. The van der Waals surface area contributed by atoms with Crippen LogP contribution in [-0.2, 0) is 4.79 Å². The highest BCUT2D eigenvalue weighted by Crippen LogP contribution is 2.54. The number of aliphatic imine (C=N–C) groups is 1. The Hall–Kier alpha value is -1.44. The Morgan fingerprint density at radius 1 is 1.19 bits per heavy atom. The summed E-state index contributed by atoms with van der Waals surface area (Å²) in [4.78, 5) is 17.3. The summed E-state index contributed by atoms with van der Waals surface area (Å²) in [7, 11) is 0. The number of allylic oxidation sites excluding steroid dienone is 5. The summed E-state index contributed by atoms with van der Waals surface area (Å²) in [5, 5.41) is 0. The molecule has 1 heterocycles. The number of nitrogens with zero attached hydrogens (tertiary/aromatic N) is 1. The molecule has 0 fully saturated rings. The predicted octanol–water partition coefficient (Wildman–Crippen LogP) is 4.43. The standard InChI is InChI=1S/C19H25NO/c1-11(2)19-9-16-14(12(3)8-18(5,6)20-16)7-15(19)13(4)17(21)10-19/h7-8,11H,9-10H2,1-6H3/t19-/m1/s1. The zero-order valence-corrected chi connectivity index (χ0v) is 14.0. The second kappa shape index (κ2) is 4.28. The van der Waals surface area contributed by atoms with Crippen molar-refractivity contribution in [2.24, 2.45) is 16.3 Å². The summed E-state index contributed by atoms with van der Waals surface area (Å²) in [5.74, 6) is 0.763. The van der Waals surface area contributed by atoms with Crippen LogP contribution in [0, 0.1) is 11.3 Å². The molecule has 2 nitrogen and oxygen atoms in total. The zero-order chi connectivity index (χ0) is 15.6. The van der Waals surface area contributed by atoms with Crippen molar-refractivity contribution in [3.05, 3.63) is 34.4 Å². The molecule has 0 spiro atoms. The first-order chi connectivity index (χ1) is 9.66. The molecule has 1 atom stereocenters. The monoisotopic (exact) mass is 283 g/mol. The fourth-order valence-corrected chi connectivity index (χ4v) is 4.22. The van der Waals surface area contributed by atoms with Gasteiger partial charge in [-0.25, -0.2) is 0 Å². The Labute approximate surface area is 127 Å². The SMILES string of the molecule is CC1=CC(C)(C)N=C2C[C@]3(C(C)C)CC(=O)C(C)=C3C=C12. The molecular formula is C19H25NO. The van der Waals surface area contributed by atoms with Crippen molar-refractivity contribution >= 4 is 11.5 Å². The number of carbonyl (C=O) groups excluding carboxylic acids is 1. The summed E-state index contributed by atoms with van der Waals surface area (Å²) >= 11 is 0. The summed E-state index contributed by atoms with van der Waals surface area (Å²) in [6, 6.07) is 0. The van der Waals surface area contributed by atoms with E-state index in [0.29, 0.717) is 18.1 Å². The lowest BCUT2D eigenvalue weighted by atomic mass is 9.63. The van der Waals surface area contributed by atoms with Crippen molar-refractivity contribution in [1.82, 2.24) is 0 Å². The molecule has 0 unspecified atom stereocenters. The zero-order valence-electron chi connectivity index (χ0n) is 14.0. The molecule has 0 radical (unpaired) electrons. The third-order valence-corrected chi connectivity index (χ3v) is 5.44. The third kappa shape index (κ3) is 1.99. The Morgan fingerprint density at radius 2 is 1.86 bits per heavy atom. The molecule has 0 N–H and O–H groups in total. The number of ketones is 1. The molecule has 0 aromatic carbocycles. The van der Waals surface area contributed by atoms with Crippen molar-refractivity contribution in [2.75, 3.05) is 0 Å². The normalized spacial score (nSPS) is 30.8. The smallest absolute Gasteiger partial charge is 0.159 e. The Kier molecular flexibility index (Phi) is 2.96. The van der Waals surface area contributed by atoms with Gasteiger partial charge in [0.05, 0.1) is 5.54 Å². The van der Waals surface area contributed by atoms with Crippen LogP contribution in [0.25, 0.3) is 0 Å². The minimum absolute atomic E-state index is 0.0306. The Bertz CT molecular complexity index is 655. The van der Waals surface area contributed by atoms with E-state index < -0.39 is 0 Å². The molecule has 1 aliphatic heterocycles. The second-order valence-corrected chi connectivity index (χ2v) is 7.72. The van der Waals surface area contributed by atoms with Crippen LogP contribution >= 0.6 is 0 Å². The highest BCUT2D eigenvalue weighted by Gasteiger charge is 2.49. The lowest BCUT2D eigenvalue weighted by Gasteiger charge is -2.41. The van der Waals surface area contributed by atoms with Gasteiger partial charge in [0.1, 0.15) is 0 Å². The van der Waals surface area contributed by atoms with Crippen molar-refractivity contribution in [2.45, 2.75) is 59.9 Å². The number of Topliss-reactive ketones (excluding diaryl/α,β-unsaturated/α-hetero) is 1. The van der Waals surface area contributed by atoms with Crippen LogP contribution in [0.2, 0.25) is 0 Å². The van der Waals surface area contributed by atoms with Crippen molar-refractivity contribution in [3.8, 4) is 0 Å². The van der Waals surface area contributed by atoms with Gasteiger partial charge in [-0.1, -0.05) is 19.9 Å². The van der Waals surface area contributed by atoms with Gasteiger partial charge in [-0.15, -0.1) is 0 Å². The molecule has 0 aromatic heterocycles. The van der Waals surface area contributed by atoms with E-state index >= 15 is 0 Å². The lowest BCUT2D eigenvalue weighted by Crippen LogP contribution is -2.37. The number of fused-ring (bicyclic) bond motifs is 2. The van der Waals surface area contributed by atoms with Gasteiger partial charge >= 0.3 is 0 Å². The molecule has 0 saturated heterocycles. The highest BCUT2D eigenvalue weighted by atomic mass is 16.1. The van der Waals surface area contributed by atoms with Crippen LogP contribution in [0.1, 0.15) is 54.4 Å². The van der Waals surface area contributed by atoms with Gasteiger partial charge in [0.25, 0.3) is 0 Å². The predicted molar refractivity (Wildman–Crippen MR) is 87.6 cm³/mol. The first-order valence-electron chi connectivity index (χ1n) is 7.91. The van der Waals surface area contributed by atoms with Gasteiger partial charge in [0, 0.05) is 24.0 Å². The van der Waals surface area contributed by atoms with Crippen molar-refractivity contribution in [3.63, 3.8) is 0 Å². The number of dihydropyridines is 1. The molecule has 0 amide bonds. The van der Waals surface area contributed by atoms with Gasteiger partial charge in [0.15, 0.2) is 5.78 Å². The van der Waals surface area contributed by atoms with Gasteiger partial charge < -0.3 is 0 Å². The number of rotatable bonds is 1. The fourth-order valence-electron chi connectivity index (χ4n) is 4.22. The van der Waals surface area contributed by atoms with Gasteiger partial charge in [0.2, 0.25) is 0 Å². The molecule has 0 bridgehead atoms. The van der Waals surface area contributed by atoms with Crippen LogP contribution in [-0.4, -0.2) is 17.0 Å². The molecule has 0 aromatic rings. The Balaban J connectivity index is 2.22. The van der Waals surface area contributed by atoms with Gasteiger partial charge in [-0.2, -0.15) is 0 Å². The highest BCUT2D eigenvalue weighted by molar-refractivity contribution is 6.10. The largest absolute Gasteiger partial charge is 0.295 e. The van der Waals surface area contributed by atoms with E-state index in [9.17, 15) is 4.79 Å². The summed E-state index contributed by atoms with van der Waals surface area (Å²) < 4.78 is 0. The molecule has 21 heavy (non-hydrogen) atoms. The molecule has 0 saturated carbocycles. The van der Waals surface area contributed by atoms with Crippen molar-refractivity contribution < 1.29 is 4.79 Å². The average Bonchev–Trinajstić information content (AvgIpc) is 2.59. The van der Waals surface area contributed by atoms with E-state index in [1.54, 1.807) is 0 Å². The molecule has 2 heteroatoms. The maximum atomic E-state index is 12.3. The Morgan fingerprint density at radius 3 is 2.48 bits per heavy atom. The van der Waals surface area contributed by atoms with Crippen LogP contribution in [0.3, 0.4) is 0 Å². The maximum absolute atomic E-state index is 12.3. The number of hydrogen-bond donors (Lipinski definition) is 0.